The molecule has 0 aliphatic carbocycles. The lowest BCUT2D eigenvalue weighted by molar-refractivity contribution is -0.294. The highest BCUT2D eigenvalue weighted by Crippen LogP contribution is 2.37. The van der Waals surface area contributed by atoms with Crippen molar-refractivity contribution in [2.45, 2.75) is 24.2 Å². The van der Waals surface area contributed by atoms with Crippen molar-refractivity contribution in [2.24, 2.45) is 0 Å². The molecule has 138 valence electrons. The number of carboxylic acid groups (broad SMARTS) is 1. The van der Waals surface area contributed by atoms with Gasteiger partial charge in [0, 0.05) is 16.5 Å². The number of β-amino-alcohol motifs (C(OH)–C–C–N with tert-alkyl or cyclic N) is 1. The van der Waals surface area contributed by atoms with Crippen molar-refractivity contribution < 1.29 is 33.0 Å². The molecule has 1 aliphatic rings. The molecule has 0 unspecified atom stereocenters. The summed E-state index contributed by atoms with van der Waals surface area (Å²) in [6, 6.07) is 1.94. The Balaban J connectivity index is 2.01. The van der Waals surface area contributed by atoms with E-state index in [0.29, 0.717) is 15.5 Å². The number of carbonyl (C=O) groups excluding carboxylic acids is 1. The molecular formula is C14H13Cl2F3N2O4. The van der Waals surface area contributed by atoms with E-state index in [0.717, 1.165) is 0 Å². The Labute approximate surface area is 150 Å². The van der Waals surface area contributed by atoms with Gasteiger partial charge in [0.15, 0.2) is 5.60 Å². The fraction of sp³-hybridized carbons (Fsp3) is 0.429. The van der Waals surface area contributed by atoms with Crippen LogP contribution in [0.15, 0.2) is 18.2 Å². The molecule has 1 atom stereocenters. The molecule has 1 aromatic rings. The number of nitrogens with zero attached hydrogens (tertiary/aromatic N) is 1. The first kappa shape index (κ1) is 19.6. The average Bonchev–Trinajstić information content (AvgIpc) is 2.44. The summed E-state index contributed by atoms with van der Waals surface area (Å²) in [5, 5.41) is 21.2. The van der Waals surface area contributed by atoms with E-state index in [-0.39, 0.29) is 11.4 Å². The summed E-state index contributed by atoms with van der Waals surface area (Å²) in [5.41, 5.74) is -2.57. The van der Waals surface area contributed by atoms with E-state index in [9.17, 15) is 33.0 Å². The Morgan fingerprint density at radius 3 is 2.40 bits per heavy atom. The Kier molecular flexibility index (Phi) is 5.41. The minimum absolute atomic E-state index is 0.186. The number of carbonyl (C=O) groups is 2. The van der Waals surface area contributed by atoms with Gasteiger partial charge in [-0.3, -0.25) is 0 Å². The summed E-state index contributed by atoms with van der Waals surface area (Å²) in [7, 11) is 0. The molecule has 1 heterocycles. The van der Waals surface area contributed by atoms with Crippen LogP contribution in [0.2, 0.25) is 10.0 Å². The highest BCUT2D eigenvalue weighted by atomic mass is 35.5. The van der Waals surface area contributed by atoms with E-state index in [1.165, 1.54) is 18.2 Å². The molecule has 6 nitrogen and oxygen atoms in total. The zero-order valence-electron chi connectivity index (χ0n) is 12.5. The van der Waals surface area contributed by atoms with E-state index in [4.69, 9.17) is 23.2 Å². The molecule has 11 heteroatoms. The predicted octanol–water partition coefficient (Wildman–Crippen LogP) is 2.31. The number of rotatable bonds is 4. The third-order valence-electron chi connectivity index (χ3n) is 3.75. The number of hydrogen-bond donors (Lipinski definition) is 3. The number of halogens is 5. The summed E-state index contributed by atoms with van der Waals surface area (Å²) in [5.74, 6) is -1.38. The molecule has 1 aliphatic heterocycles. The summed E-state index contributed by atoms with van der Waals surface area (Å²) in [6.45, 7) is -1.92. The lowest BCUT2D eigenvalue weighted by Gasteiger charge is -2.46. The third kappa shape index (κ3) is 4.28. The van der Waals surface area contributed by atoms with Crippen LogP contribution in [0.5, 0.6) is 0 Å². The number of hydrogen-bond acceptors (Lipinski definition) is 3. The van der Waals surface area contributed by atoms with Gasteiger partial charge in [-0.05, 0) is 17.7 Å². The number of amides is 2. The predicted molar refractivity (Wildman–Crippen MR) is 82.7 cm³/mol. The van der Waals surface area contributed by atoms with Gasteiger partial charge in [0.25, 0.3) is 0 Å². The van der Waals surface area contributed by atoms with Crippen LogP contribution < -0.4 is 5.32 Å². The fourth-order valence-corrected chi connectivity index (χ4v) is 2.74. The van der Waals surface area contributed by atoms with Crippen LogP contribution in [0.1, 0.15) is 5.56 Å². The maximum Gasteiger partial charge on any atom is 0.420 e. The standard InChI is InChI=1S/C14H13Cl2F3N2O4/c15-8-2-1-7(9(16)4-8)3-10(11(22)23)20-12(24)21-5-13(25,6-21)14(17,18)19/h1-2,4,10,25H,3,5-6H2,(H,20,24)(H,22,23)/t10-/m1/s1. The Hall–Kier alpha value is -1.71. The van der Waals surface area contributed by atoms with Crippen molar-refractivity contribution in [2.75, 3.05) is 13.1 Å². The van der Waals surface area contributed by atoms with Crippen LogP contribution in [0, 0.1) is 0 Å². The van der Waals surface area contributed by atoms with E-state index in [2.05, 4.69) is 5.32 Å². The molecule has 1 saturated heterocycles. The molecule has 2 rings (SSSR count). The number of aliphatic hydroxyl groups is 1. The van der Waals surface area contributed by atoms with Gasteiger partial charge >= 0.3 is 18.2 Å². The van der Waals surface area contributed by atoms with Crippen LogP contribution in [-0.4, -0.2) is 58.0 Å². The quantitative estimate of drug-likeness (QED) is 0.723. The fourth-order valence-electron chi connectivity index (χ4n) is 2.26. The molecule has 0 saturated carbocycles. The average molecular weight is 401 g/mol. The number of nitrogens with one attached hydrogen (secondary N) is 1. The minimum Gasteiger partial charge on any atom is -0.480 e. The molecule has 0 aromatic heterocycles. The summed E-state index contributed by atoms with van der Waals surface area (Å²) < 4.78 is 37.6. The molecule has 25 heavy (non-hydrogen) atoms. The second-order valence-corrected chi connectivity index (χ2v) is 6.51. The van der Waals surface area contributed by atoms with Crippen LogP contribution in [0.25, 0.3) is 0 Å². The zero-order valence-corrected chi connectivity index (χ0v) is 14.0. The summed E-state index contributed by atoms with van der Waals surface area (Å²) >= 11 is 11.7. The Morgan fingerprint density at radius 2 is 1.92 bits per heavy atom. The van der Waals surface area contributed by atoms with Gasteiger partial charge in [-0.1, -0.05) is 29.3 Å². The number of alkyl halides is 3. The zero-order chi connectivity index (χ0) is 19.0. The maximum atomic E-state index is 12.5. The third-order valence-corrected chi connectivity index (χ3v) is 4.34. The van der Waals surface area contributed by atoms with Gasteiger partial charge in [-0.25, -0.2) is 9.59 Å². The van der Waals surface area contributed by atoms with Crippen molar-refractivity contribution in [3.63, 3.8) is 0 Å². The van der Waals surface area contributed by atoms with Crippen LogP contribution in [0.4, 0.5) is 18.0 Å². The molecular weight excluding hydrogens is 388 g/mol. The highest BCUT2D eigenvalue weighted by Gasteiger charge is 2.62. The maximum absolute atomic E-state index is 12.5. The normalized spacial score (nSPS) is 17.6. The highest BCUT2D eigenvalue weighted by molar-refractivity contribution is 6.35. The lowest BCUT2D eigenvalue weighted by atomic mass is 9.94. The van der Waals surface area contributed by atoms with Crippen molar-refractivity contribution in [3.8, 4) is 0 Å². The molecule has 1 aromatic carbocycles. The molecule has 0 spiro atoms. The van der Waals surface area contributed by atoms with Gasteiger partial charge in [-0.2, -0.15) is 13.2 Å². The Morgan fingerprint density at radius 1 is 1.32 bits per heavy atom. The first-order chi connectivity index (χ1) is 11.4. The van der Waals surface area contributed by atoms with Crippen molar-refractivity contribution >= 4 is 35.2 Å². The van der Waals surface area contributed by atoms with Crippen molar-refractivity contribution in [1.82, 2.24) is 10.2 Å². The monoisotopic (exact) mass is 400 g/mol. The SMILES string of the molecule is O=C(O)[C@@H](Cc1ccc(Cl)cc1Cl)NC(=O)N1CC(O)(C(F)(F)F)C1. The van der Waals surface area contributed by atoms with E-state index >= 15 is 0 Å². The van der Waals surface area contributed by atoms with Gasteiger partial charge < -0.3 is 20.4 Å². The number of likely N-dealkylation sites (tertiary alicyclic amines) is 1. The second kappa shape index (κ2) is 6.89. The van der Waals surface area contributed by atoms with Gasteiger partial charge in [0.2, 0.25) is 0 Å². The number of carboxylic acids is 1. The van der Waals surface area contributed by atoms with Crippen LogP contribution >= 0.6 is 23.2 Å². The largest absolute Gasteiger partial charge is 0.480 e. The second-order valence-electron chi connectivity index (χ2n) is 5.67. The Bertz CT molecular complexity index is 693. The number of urea groups is 1. The summed E-state index contributed by atoms with van der Waals surface area (Å²) in [6.07, 6.45) is -5.05. The lowest BCUT2D eigenvalue weighted by Crippen LogP contribution is -2.72. The number of aliphatic carboxylic acids is 1. The summed E-state index contributed by atoms with van der Waals surface area (Å²) in [4.78, 5) is 23.9. The first-order valence-electron chi connectivity index (χ1n) is 6.94. The van der Waals surface area contributed by atoms with E-state index in [1.54, 1.807) is 0 Å². The van der Waals surface area contributed by atoms with Gasteiger partial charge in [-0.15, -0.1) is 0 Å². The van der Waals surface area contributed by atoms with Crippen LogP contribution in [-0.2, 0) is 11.2 Å². The van der Waals surface area contributed by atoms with Gasteiger partial charge in [0.05, 0.1) is 13.1 Å². The van der Waals surface area contributed by atoms with E-state index in [1.807, 2.05) is 0 Å². The van der Waals surface area contributed by atoms with Crippen molar-refractivity contribution in [1.29, 1.82) is 0 Å². The molecule has 1 fully saturated rings. The van der Waals surface area contributed by atoms with Crippen molar-refractivity contribution in [3.05, 3.63) is 33.8 Å². The molecule has 2 amide bonds. The molecule has 0 bridgehead atoms. The first-order valence-corrected chi connectivity index (χ1v) is 7.70. The minimum atomic E-state index is -4.87. The smallest absolute Gasteiger partial charge is 0.420 e. The molecule has 0 radical (unpaired) electrons. The van der Waals surface area contributed by atoms with Crippen LogP contribution in [0.3, 0.4) is 0 Å². The van der Waals surface area contributed by atoms with E-state index < -0.39 is 42.9 Å². The van der Waals surface area contributed by atoms with Gasteiger partial charge in [0.1, 0.15) is 6.04 Å². The molecule has 3 N–H and O–H groups in total. The topological polar surface area (TPSA) is 89.9 Å². The number of benzene rings is 1.